The number of hydrogen-bond donors (Lipinski definition) is 1. The van der Waals surface area contributed by atoms with Crippen molar-refractivity contribution in [2.45, 2.75) is 6.42 Å². The third-order valence-corrected chi connectivity index (χ3v) is 3.95. The van der Waals surface area contributed by atoms with E-state index in [1.807, 2.05) is 6.07 Å². The Labute approximate surface area is 116 Å². The fourth-order valence-corrected chi connectivity index (χ4v) is 2.88. The average molecular weight is 328 g/mol. The molecule has 0 aliphatic rings. The molecule has 0 fully saturated rings. The van der Waals surface area contributed by atoms with E-state index in [9.17, 15) is 10.1 Å². The summed E-state index contributed by atoms with van der Waals surface area (Å²) in [5.74, 6) is 0.649. The van der Waals surface area contributed by atoms with Gasteiger partial charge in [0.15, 0.2) is 0 Å². The molecule has 0 atom stereocenters. The Morgan fingerprint density at radius 1 is 1.39 bits per heavy atom. The molecule has 0 aromatic carbocycles. The minimum Gasteiger partial charge on any atom is -0.370 e. The van der Waals surface area contributed by atoms with Gasteiger partial charge in [0.25, 0.3) is 5.69 Å². The van der Waals surface area contributed by atoms with E-state index in [0.717, 1.165) is 16.8 Å². The Kier molecular flexibility index (Phi) is 4.27. The molecular formula is C11H10BrN3O2S. The summed E-state index contributed by atoms with van der Waals surface area (Å²) in [7, 11) is 0. The van der Waals surface area contributed by atoms with Gasteiger partial charge in [0.05, 0.1) is 8.71 Å². The van der Waals surface area contributed by atoms with Gasteiger partial charge in [-0.25, -0.2) is 4.98 Å². The van der Waals surface area contributed by atoms with Gasteiger partial charge in [0.1, 0.15) is 12.0 Å². The lowest BCUT2D eigenvalue weighted by Crippen LogP contribution is -2.05. The maximum atomic E-state index is 10.5. The van der Waals surface area contributed by atoms with Crippen LogP contribution in [0.2, 0.25) is 0 Å². The van der Waals surface area contributed by atoms with Gasteiger partial charge >= 0.3 is 0 Å². The molecule has 94 valence electrons. The van der Waals surface area contributed by atoms with E-state index in [4.69, 9.17) is 0 Å². The second-order valence-electron chi connectivity index (χ2n) is 3.54. The predicted molar refractivity (Wildman–Crippen MR) is 75.1 cm³/mol. The highest BCUT2D eigenvalue weighted by atomic mass is 79.9. The van der Waals surface area contributed by atoms with Crippen LogP contribution in [-0.2, 0) is 6.42 Å². The van der Waals surface area contributed by atoms with Crippen LogP contribution in [0, 0.1) is 10.1 Å². The minimum absolute atomic E-state index is 0.00253. The van der Waals surface area contributed by atoms with E-state index in [2.05, 4.69) is 32.3 Å². The number of nitrogens with one attached hydrogen (secondary N) is 1. The van der Waals surface area contributed by atoms with Gasteiger partial charge < -0.3 is 5.32 Å². The lowest BCUT2D eigenvalue weighted by molar-refractivity contribution is -0.385. The Bertz CT molecular complexity index is 541. The number of hydrogen-bond acceptors (Lipinski definition) is 5. The maximum Gasteiger partial charge on any atom is 0.287 e. The van der Waals surface area contributed by atoms with Gasteiger partial charge in [-0.15, -0.1) is 11.3 Å². The highest BCUT2D eigenvalue weighted by Gasteiger charge is 2.04. The first-order valence-electron chi connectivity index (χ1n) is 5.23. The van der Waals surface area contributed by atoms with E-state index < -0.39 is 4.92 Å². The monoisotopic (exact) mass is 327 g/mol. The van der Waals surface area contributed by atoms with E-state index in [1.54, 1.807) is 17.4 Å². The molecule has 0 amide bonds. The van der Waals surface area contributed by atoms with Crippen molar-refractivity contribution in [1.29, 1.82) is 0 Å². The summed E-state index contributed by atoms with van der Waals surface area (Å²) in [6.45, 7) is 0.748. The Morgan fingerprint density at radius 2 is 2.22 bits per heavy atom. The molecule has 2 heterocycles. The number of nitro groups is 1. The van der Waals surface area contributed by atoms with Crippen LogP contribution in [0.3, 0.4) is 0 Å². The highest BCUT2D eigenvalue weighted by Crippen LogP contribution is 2.22. The Morgan fingerprint density at radius 3 is 2.78 bits per heavy atom. The number of pyridine rings is 1. The Balaban J connectivity index is 1.85. The van der Waals surface area contributed by atoms with Crippen molar-refractivity contribution in [2.24, 2.45) is 0 Å². The largest absolute Gasteiger partial charge is 0.370 e. The molecule has 0 saturated heterocycles. The smallest absolute Gasteiger partial charge is 0.287 e. The van der Waals surface area contributed by atoms with Crippen LogP contribution in [0.25, 0.3) is 0 Å². The molecule has 2 aromatic rings. The zero-order chi connectivity index (χ0) is 13.0. The van der Waals surface area contributed by atoms with Gasteiger partial charge in [-0.3, -0.25) is 10.1 Å². The molecule has 0 aliphatic carbocycles. The standard InChI is InChI=1S/C11H10BrN3O2S/c12-10-3-2-9(18-10)5-6-13-11-4-1-8(7-14-11)15(16)17/h1-4,7H,5-6H2,(H,13,14). The summed E-state index contributed by atoms with van der Waals surface area (Å²) in [5.41, 5.74) is 0.00253. The van der Waals surface area contributed by atoms with Gasteiger partial charge in [0, 0.05) is 17.5 Å². The van der Waals surface area contributed by atoms with E-state index in [-0.39, 0.29) is 5.69 Å². The summed E-state index contributed by atoms with van der Waals surface area (Å²) < 4.78 is 1.12. The topological polar surface area (TPSA) is 68.1 Å². The first-order chi connectivity index (χ1) is 8.65. The van der Waals surface area contributed by atoms with Crippen LogP contribution in [0.1, 0.15) is 4.88 Å². The van der Waals surface area contributed by atoms with Gasteiger partial charge in [0.2, 0.25) is 0 Å². The number of nitrogens with zero attached hydrogens (tertiary/aromatic N) is 2. The molecule has 18 heavy (non-hydrogen) atoms. The number of anilines is 1. The SMILES string of the molecule is O=[N+]([O-])c1ccc(NCCc2ccc(Br)s2)nc1. The zero-order valence-corrected chi connectivity index (χ0v) is 11.7. The molecule has 5 nitrogen and oxygen atoms in total. The average Bonchev–Trinajstić information content (AvgIpc) is 2.76. The molecule has 2 rings (SSSR count). The molecule has 2 aromatic heterocycles. The molecule has 0 radical (unpaired) electrons. The fraction of sp³-hybridized carbons (Fsp3) is 0.182. The summed E-state index contributed by atoms with van der Waals surface area (Å²) in [4.78, 5) is 15.2. The molecule has 0 unspecified atom stereocenters. The minimum atomic E-state index is -0.458. The van der Waals surface area contributed by atoms with Crippen LogP contribution in [0.4, 0.5) is 11.5 Å². The van der Waals surface area contributed by atoms with E-state index >= 15 is 0 Å². The first-order valence-corrected chi connectivity index (χ1v) is 6.84. The zero-order valence-electron chi connectivity index (χ0n) is 9.30. The van der Waals surface area contributed by atoms with Crippen LogP contribution in [0.5, 0.6) is 0 Å². The lowest BCUT2D eigenvalue weighted by Gasteiger charge is -2.03. The number of aromatic nitrogens is 1. The van der Waals surface area contributed by atoms with Crippen molar-refractivity contribution in [3.8, 4) is 0 Å². The summed E-state index contributed by atoms with van der Waals surface area (Å²) in [6.07, 6.45) is 2.15. The Hall–Kier alpha value is -1.47. The summed E-state index contributed by atoms with van der Waals surface area (Å²) >= 11 is 5.11. The van der Waals surface area contributed by atoms with Crippen molar-refractivity contribution in [2.75, 3.05) is 11.9 Å². The van der Waals surface area contributed by atoms with Gasteiger partial charge in [-0.05, 0) is 40.5 Å². The highest BCUT2D eigenvalue weighted by molar-refractivity contribution is 9.11. The number of rotatable bonds is 5. The second-order valence-corrected chi connectivity index (χ2v) is 6.09. The third kappa shape index (κ3) is 3.51. The van der Waals surface area contributed by atoms with Crippen LogP contribution >= 0.6 is 27.3 Å². The van der Waals surface area contributed by atoms with Gasteiger partial charge in [-0.1, -0.05) is 0 Å². The lowest BCUT2D eigenvalue weighted by atomic mass is 10.3. The van der Waals surface area contributed by atoms with Gasteiger partial charge in [-0.2, -0.15) is 0 Å². The quantitative estimate of drug-likeness (QED) is 0.674. The van der Waals surface area contributed by atoms with Crippen LogP contribution in [-0.4, -0.2) is 16.5 Å². The van der Waals surface area contributed by atoms with Crippen molar-refractivity contribution in [1.82, 2.24) is 4.98 Å². The normalized spacial score (nSPS) is 10.3. The van der Waals surface area contributed by atoms with Crippen LogP contribution < -0.4 is 5.32 Å². The predicted octanol–water partition coefficient (Wildman–Crippen LogP) is 3.47. The molecule has 0 saturated carbocycles. The maximum absolute atomic E-state index is 10.5. The second kappa shape index (κ2) is 5.92. The molecular weight excluding hydrogens is 318 g/mol. The van der Waals surface area contributed by atoms with E-state index in [0.29, 0.717) is 5.82 Å². The molecule has 0 aliphatic heterocycles. The first kappa shape index (κ1) is 13.0. The van der Waals surface area contributed by atoms with Crippen molar-refractivity contribution in [3.63, 3.8) is 0 Å². The fourth-order valence-electron chi connectivity index (χ4n) is 1.40. The van der Waals surface area contributed by atoms with Crippen molar-refractivity contribution >= 4 is 38.8 Å². The van der Waals surface area contributed by atoms with Crippen molar-refractivity contribution in [3.05, 3.63) is 49.2 Å². The number of thiophene rings is 1. The van der Waals surface area contributed by atoms with Crippen molar-refractivity contribution < 1.29 is 4.92 Å². The summed E-state index contributed by atoms with van der Waals surface area (Å²) in [6, 6.07) is 7.14. The summed E-state index contributed by atoms with van der Waals surface area (Å²) in [5, 5.41) is 13.6. The third-order valence-electron chi connectivity index (χ3n) is 2.27. The number of halogens is 1. The van der Waals surface area contributed by atoms with Crippen LogP contribution in [0.15, 0.2) is 34.2 Å². The van der Waals surface area contributed by atoms with E-state index in [1.165, 1.54) is 17.1 Å². The molecule has 0 bridgehead atoms. The molecule has 0 spiro atoms. The molecule has 1 N–H and O–H groups in total. The molecule has 7 heteroatoms.